The second kappa shape index (κ2) is 27.4. The van der Waals surface area contributed by atoms with E-state index in [-0.39, 0.29) is 7.43 Å². The van der Waals surface area contributed by atoms with Gasteiger partial charge in [0.1, 0.15) is 0 Å². The number of terminal acetylenes is 2. The Kier molecular flexibility index (Phi) is 47.8. The van der Waals surface area contributed by atoms with Crippen LogP contribution >= 0.6 is 0 Å². The van der Waals surface area contributed by atoms with Crippen molar-refractivity contribution in [2.24, 2.45) is 0 Å². The third-order valence-corrected chi connectivity index (χ3v) is 0.408. The van der Waals surface area contributed by atoms with Gasteiger partial charge < -0.3 is 0 Å². The Balaban J connectivity index is -0.0000000720. The average molecular weight is 120 g/mol. The smallest absolute Gasteiger partial charge is 0.00576 e. The Bertz CT molecular complexity index is 73.6. The van der Waals surface area contributed by atoms with Crippen molar-refractivity contribution in [1.29, 1.82) is 0 Å². The van der Waals surface area contributed by atoms with Gasteiger partial charge in [0.2, 0.25) is 0 Å². The van der Waals surface area contributed by atoms with E-state index in [4.69, 9.17) is 12.8 Å². The van der Waals surface area contributed by atoms with Crippen LogP contribution in [0.1, 0.15) is 26.7 Å². The molecule has 0 amide bonds. The van der Waals surface area contributed by atoms with E-state index in [0.717, 1.165) is 12.8 Å². The van der Waals surface area contributed by atoms with Crippen LogP contribution in [0.15, 0.2) is 0 Å². The fourth-order valence-electron chi connectivity index (χ4n) is 0. The van der Waals surface area contributed by atoms with Crippen LogP contribution in [0.5, 0.6) is 0 Å². The van der Waals surface area contributed by atoms with Gasteiger partial charge in [-0.15, -0.1) is 24.7 Å². The summed E-state index contributed by atoms with van der Waals surface area (Å²) in [7, 11) is 0. The van der Waals surface area contributed by atoms with Crippen LogP contribution in [0.4, 0.5) is 0 Å². The van der Waals surface area contributed by atoms with Crippen molar-refractivity contribution in [3.63, 3.8) is 0 Å². The first-order valence-electron chi connectivity index (χ1n) is 2.70. The van der Waals surface area contributed by atoms with Gasteiger partial charge in [-0.2, -0.15) is 0 Å². The third kappa shape index (κ3) is 149. The van der Waals surface area contributed by atoms with Crippen molar-refractivity contribution < 1.29 is 0 Å². The molecule has 0 fully saturated rings. The van der Waals surface area contributed by atoms with E-state index in [1.165, 1.54) is 0 Å². The van der Waals surface area contributed by atoms with Crippen molar-refractivity contribution >= 4 is 0 Å². The molecule has 0 nitrogen and oxygen atoms in total. The molecule has 0 aromatic rings. The summed E-state index contributed by atoms with van der Waals surface area (Å²) in [6.07, 6.45) is 11.2. The SMILES string of the molecule is C#CCC.C#CCC.[C]. The Morgan fingerprint density at radius 3 is 1.11 bits per heavy atom. The summed E-state index contributed by atoms with van der Waals surface area (Å²) < 4.78 is 0. The molecule has 0 aliphatic heterocycles. The Labute approximate surface area is 59.7 Å². The summed E-state index contributed by atoms with van der Waals surface area (Å²) in [6.45, 7) is 3.89. The molecule has 0 saturated heterocycles. The third-order valence-electron chi connectivity index (χ3n) is 0.408. The lowest BCUT2D eigenvalue weighted by Crippen LogP contribution is -1.38. The molecule has 0 aromatic carbocycles. The largest absolute Gasteiger partial charge is 0.120 e. The summed E-state index contributed by atoms with van der Waals surface area (Å²) in [6, 6.07) is 0. The zero-order valence-electron chi connectivity index (χ0n) is 6.07. The second-order valence-corrected chi connectivity index (χ2v) is 1.12. The van der Waals surface area contributed by atoms with Crippen LogP contribution in [0.25, 0.3) is 0 Å². The molecule has 0 N–H and O–H groups in total. The molecule has 0 atom stereocenters. The predicted molar refractivity (Wildman–Crippen MR) is 41.5 cm³/mol. The van der Waals surface area contributed by atoms with E-state index in [2.05, 4.69) is 11.8 Å². The molecule has 0 unspecified atom stereocenters. The average Bonchev–Trinajstić information content (AvgIpc) is 1.88. The maximum Gasteiger partial charge on any atom is 0.00576 e. The van der Waals surface area contributed by atoms with E-state index >= 15 is 0 Å². The molecule has 0 heteroatoms. The first-order chi connectivity index (χ1) is 3.83. The van der Waals surface area contributed by atoms with Crippen LogP contribution in [-0.4, -0.2) is 0 Å². The van der Waals surface area contributed by atoms with Crippen molar-refractivity contribution in [2.75, 3.05) is 0 Å². The van der Waals surface area contributed by atoms with Crippen molar-refractivity contribution in [1.82, 2.24) is 0 Å². The summed E-state index contributed by atoms with van der Waals surface area (Å²) >= 11 is 0. The normalized spacial score (nSPS) is 4.44. The maximum absolute atomic E-state index is 4.78. The van der Waals surface area contributed by atoms with E-state index in [9.17, 15) is 0 Å². The van der Waals surface area contributed by atoms with Gasteiger partial charge in [-0.05, 0) is 0 Å². The lowest BCUT2D eigenvalue weighted by Gasteiger charge is -1.52. The zero-order valence-corrected chi connectivity index (χ0v) is 6.07. The van der Waals surface area contributed by atoms with E-state index in [1.807, 2.05) is 13.8 Å². The standard InChI is InChI=1S/2C4H6.C/c2*1-3-4-2;/h2*1H,4H2,2H3;. The summed E-state index contributed by atoms with van der Waals surface area (Å²) in [5, 5.41) is 0. The first-order valence-corrected chi connectivity index (χ1v) is 2.70. The van der Waals surface area contributed by atoms with Crippen LogP contribution in [-0.2, 0) is 0 Å². The molecule has 48 valence electrons. The lowest BCUT2D eigenvalue weighted by molar-refractivity contribution is 1.28. The summed E-state index contributed by atoms with van der Waals surface area (Å²) in [4.78, 5) is 0. The number of hydrogen-bond acceptors (Lipinski definition) is 0. The van der Waals surface area contributed by atoms with Gasteiger partial charge in [-0.25, -0.2) is 0 Å². The topological polar surface area (TPSA) is 0 Å². The molecule has 0 heterocycles. The van der Waals surface area contributed by atoms with Gasteiger partial charge in [0.25, 0.3) is 0 Å². The van der Waals surface area contributed by atoms with Gasteiger partial charge in [0, 0.05) is 20.3 Å². The van der Waals surface area contributed by atoms with Crippen LogP contribution < -0.4 is 0 Å². The second-order valence-electron chi connectivity index (χ2n) is 1.12. The monoisotopic (exact) mass is 120 g/mol. The van der Waals surface area contributed by atoms with Gasteiger partial charge in [0.15, 0.2) is 0 Å². The highest BCUT2D eigenvalue weighted by atomic mass is 13.5. The Hall–Kier alpha value is -0.880. The fraction of sp³-hybridized carbons (Fsp3) is 0.444. The minimum atomic E-state index is 0. The Morgan fingerprint density at radius 1 is 1.00 bits per heavy atom. The van der Waals surface area contributed by atoms with Gasteiger partial charge >= 0.3 is 0 Å². The lowest BCUT2D eigenvalue weighted by atomic mass is 10.5. The van der Waals surface area contributed by atoms with Crippen LogP contribution in [0.2, 0.25) is 0 Å². The molecule has 0 bridgehead atoms. The molecule has 0 rings (SSSR count). The summed E-state index contributed by atoms with van der Waals surface area (Å²) in [5.41, 5.74) is 0. The van der Waals surface area contributed by atoms with Crippen molar-refractivity contribution in [3.8, 4) is 24.7 Å². The van der Waals surface area contributed by atoms with Gasteiger partial charge in [-0.3, -0.25) is 0 Å². The van der Waals surface area contributed by atoms with Gasteiger partial charge in [-0.1, -0.05) is 13.8 Å². The number of hydrogen-bond donors (Lipinski definition) is 0. The highest BCUT2D eigenvalue weighted by molar-refractivity contribution is 4.80. The fourth-order valence-corrected chi connectivity index (χ4v) is 0. The van der Waals surface area contributed by atoms with E-state index in [0.29, 0.717) is 0 Å². The molecule has 9 heavy (non-hydrogen) atoms. The predicted octanol–water partition coefficient (Wildman–Crippen LogP) is 2.14. The highest BCUT2D eigenvalue weighted by Gasteiger charge is 1.44. The molecular weight excluding hydrogens is 108 g/mol. The minimum Gasteiger partial charge on any atom is -0.120 e. The van der Waals surface area contributed by atoms with E-state index < -0.39 is 0 Å². The van der Waals surface area contributed by atoms with Crippen LogP contribution in [0.3, 0.4) is 0 Å². The molecule has 0 aliphatic rings. The number of rotatable bonds is 0. The molecule has 0 aromatic heterocycles. The van der Waals surface area contributed by atoms with Crippen molar-refractivity contribution in [3.05, 3.63) is 7.43 Å². The zero-order chi connectivity index (χ0) is 6.83. The van der Waals surface area contributed by atoms with E-state index in [1.54, 1.807) is 0 Å². The minimum absolute atomic E-state index is 0. The highest BCUT2D eigenvalue weighted by Crippen LogP contribution is 1.58. The van der Waals surface area contributed by atoms with Crippen LogP contribution in [0, 0.1) is 32.1 Å². The maximum atomic E-state index is 4.78. The summed E-state index contributed by atoms with van der Waals surface area (Å²) in [5.74, 6) is 4.86. The molecule has 4 radical (unpaired) electrons. The molecule has 0 aliphatic carbocycles. The molecule has 0 saturated carbocycles. The first kappa shape index (κ1) is 15.7. The Morgan fingerprint density at radius 2 is 1.11 bits per heavy atom. The van der Waals surface area contributed by atoms with Gasteiger partial charge in [0.05, 0.1) is 0 Å². The molecule has 0 spiro atoms. The van der Waals surface area contributed by atoms with Crippen molar-refractivity contribution in [2.45, 2.75) is 26.7 Å². The molecular formula is C9H12. The quantitative estimate of drug-likeness (QED) is 0.430.